The Morgan fingerprint density at radius 2 is 1.15 bits per heavy atom. The Bertz CT molecular complexity index is 471. The van der Waals surface area contributed by atoms with Crippen molar-refractivity contribution in [3.8, 4) is 0 Å². The van der Waals surface area contributed by atoms with Crippen LogP contribution in [0.4, 0.5) is 0 Å². The first-order valence-electron chi connectivity index (χ1n) is 10.2. The van der Waals surface area contributed by atoms with Crippen LogP contribution in [0.2, 0.25) is 0 Å². The van der Waals surface area contributed by atoms with E-state index in [0.29, 0.717) is 6.42 Å². The second-order valence-electron chi connectivity index (χ2n) is 7.08. The molecule has 0 saturated heterocycles. The highest BCUT2D eigenvalue weighted by Crippen LogP contribution is 2.13. The lowest BCUT2D eigenvalue weighted by Gasteiger charge is -2.05. The summed E-state index contributed by atoms with van der Waals surface area (Å²) >= 11 is 0. The molecule has 0 amide bonds. The fourth-order valence-electron chi connectivity index (χ4n) is 2.66. The van der Waals surface area contributed by atoms with Crippen LogP contribution in [0.1, 0.15) is 104 Å². The highest BCUT2D eigenvalue weighted by Gasteiger charge is 2.15. The molecule has 0 aliphatic carbocycles. The van der Waals surface area contributed by atoms with Crippen molar-refractivity contribution in [1.82, 2.24) is 0 Å². The summed E-state index contributed by atoms with van der Waals surface area (Å²) in [5.41, 5.74) is 0.0942. The van der Waals surface area contributed by atoms with Gasteiger partial charge in [-0.2, -0.15) is 8.42 Å². The maximum atomic E-state index is 11.5. The minimum absolute atomic E-state index is 0.0942. The molecule has 154 valence electrons. The zero-order valence-electron chi connectivity index (χ0n) is 16.8. The van der Waals surface area contributed by atoms with Gasteiger partial charge in [-0.15, -0.1) is 0 Å². The van der Waals surface area contributed by atoms with Crippen LogP contribution in [0.3, 0.4) is 0 Å². The van der Waals surface area contributed by atoms with Crippen LogP contribution in [-0.2, 0) is 24.1 Å². The van der Waals surface area contributed by atoms with E-state index in [1.807, 2.05) is 0 Å². The van der Waals surface area contributed by atoms with Gasteiger partial charge in [0.15, 0.2) is 0 Å². The van der Waals surface area contributed by atoms with Crippen LogP contribution in [0.25, 0.3) is 0 Å². The second kappa shape index (κ2) is 16.3. The summed E-state index contributed by atoms with van der Waals surface area (Å²) in [6.07, 6.45) is 16.8. The number of carbonyl (C=O) groups is 1. The Kier molecular flexibility index (Phi) is 15.8. The van der Waals surface area contributed by atoms with Gasteiger partial charge in [-0.3, -0.25) is 4.89 Å². The predicted octanol–water partition coefficient (Wildman–Crippen LogP) is 5.85. The molecule has 0 aromatic carbocycles. The zero-order valence-corrected chi connectivity index (χ0v) is 17.6. The molecule has 6 heteroatoms. The summed E-state index contributed by atoms with van der Waals surface area (Å²) in [6, 6.07) is 0. The van der Waals surface area contributed by atoms with Gasteiger partial charge in [-0.25, -0.2) is 4.79 Å². The number of unbranched alkanes of at least 4 members (excludes halogenated alkanes) is 13. The highest BCUT2D eigenvalue weighted by molar-refractivity contribution is 7.86. The van der Waals surface area contributed by atoms with E-state index >= 15 is 0 Å². The molecular weight excluding hydrogens is 352 g/mol. The number of hydrogen-bond donors (Lipinski definition) is 0. The molecule has 0 rings (SSSR count). The van der Waals surface area contributed by atoms with Crippen molar-refractivity contribution in [2.45, 2.75) is 104 Å². The van der Waals surface area contributed by atoms with E-state index in [4.69, 9.17) is 0 Å². The lowest BCUT2D eigenvalue weighted by atomic mass is 10.0. The molecule has 0 fully saturated rings. The quantitative estimate of drug-likeness (QED) is 0.127. The second-order valence-corrected chi connectivity index (χ2v) is 8.74. The molecule has 0 unspecified atom stereocenters. The van der Waals surface area contributed by atoms with Crippen LogP contribution < -0.4 is 0 Å². The normalized spacial score (nSPS) is 11.5. The summed E-state index contributed by atoms with van der Waals surface area (Å²) in [5.74, 6) is -0.997. The van der Waals surface area contributed by atoms with Crippen molar-refractivity contribution < 1.29 is 22.4 Å². The number of hydrogen-bond acceptors (Lipinski definition) is 5. The molecule has 0 N–H and O–H groups in total. The van der Waals surface area contributed by atoms with Crippen molar-refractivity contribution >= 4 is 16.1 Å². The maximum Gasteiger partial charge on any atom is 0.369 e. The number of rotatable bonds is 18. The molecule has 0 saturated carbocycles. The fourth-order valence-corrected chi connectivity index (χ4v) is 3.45. The third-order valence-corrected chi connectivity index (χ3v) is 5.37. The lowest BCUT2D eigenvalue weighted by molar-refractivity contribution is -0.205. The van der Waals surface area contributed by atoms with Gasteiger partial charge in [0.1, 0.15) is 0 Å². The van der Waals surface area contributed by atoms with E-state index in [9.17, 15) is 13.2 Å². The highest BCUT2D eigenvalue weighted by atomic mass is 32.2. The first-order valence-corrected chi connectivity index (χ1v) is 11.8. The topological polar surface area (TPSA) is 69.7 Å². The molecule has 0 aromatic heterocycles. The first-order chi connectivity index (χ1) is 12.4. The van der Waals surface area contributed by atoms with Gasteiger partial charge in [-0.05, 0) is 13.3 Å². The molecule has 0 spiro atoms. The van der Waals surface area contributed by atoms with Gasteiger partial charge < -0.3 is 0 Å². The maximum absolute atomic E-state index is 11.5. The van der Waals surface area contributed by atoms with E-state index in [1.54, 1.807) is 0 Å². The molecular formula is C20H38O5S. The minimum atomic E-state index is -3.81. The van der Waals surface area contributed by atoms with E-state index < -0.39 is 16.1 Å². The Hall–Kier alpha value is -0.880. The Labute approximate surface area is 160 Å². The molecule has 0 atom stereocenters. The molecule has 0 bridgehead atoms. The van der Waals surface area contributed by atoms with Crippen LogP contribution in [0.5, 0.6) is 0 Å². The monoisotopic (exact) mass is 390 g/mol. The van der Waals surface area contributed by atoms with Crippen LogP contribution in [0.15, 0.2) is 12.2 Å². The van der Waals surface area contributed by atoms with Gasteiger partial charge in [0.2, 0.25) is 0 Å². The zero-order chi connectivity index (χ0) is 19.7. The van der Waals surface area contributed by atoms with Crippen LogP contribution >= 0.6 is 0 Å². The lowest BCUT2D eigenvalue weighted by Crippen LogP contribution is -2.15. The molecule has 0 aliphatic rings. The van der Waals surface area contributed by atoms with Crippen molar-refractivity contribution in [2.24, 2.45) is 0 Å². The van der Waals surface area contributed by atoms with Crippen molar-refractivity contribution in [3.05, 3.63) is 12.2 Å². The molecule has 0 aliphatic heterocycles. The van der Waals surface area contributed by atoms with E-state index in [-0.39, 0.29) is 11.3 Å². The van der Waals surface area contributed by atoms with Gasteiger partial charge >= 0.3 is 16.1 Å². The molecule has 26 heavy (non-hydrogen) atoms. The van der Waals surface area contributed by atoms with Crippen molar-refractivity contribution in [2.75, 3.05) is 5.75 Å². The summed E-state index contributed by atoms with van der Waals surface area (Å²) in [4.78, 5) is 15.3. The Morgan fingerprint density at radius 1 is 0.769 bits per heavy atom. The molecule has 5 nitrogen and oxygen atoms in total. The fraction of sp³-hybridized carbons (Fsp3) is 0.850. The minimum Gasteiger partial charge on any atom is -0.276 e. The number of carbonyl (C=O) groups excluding carboxylic acids is 1. The van der Waals surface area contributed by atoms with E-state index in [0.717, 1.165) is 19.3 Å². The predicted molar refractivity (Wildman–Crippen MR) is 106 cm³/mol. The third kappa shape index (κ3) is 16.6. The van der Waals surface area contributed by atoms with Crippen LogP contribution in [0, 0.1) is 0 Å². The first kappa shape index (κ1) is 25.1. The van der Waals surface area contributed by atoms with Gasteiger partial charge in [0.05, 0.1) is 5.75 Å². The van der Waals surface area contributed by atoms with Crippen LogP contribution in [-0.4, -0.2) is 20.1 Å². The molecule has 0 aromatic rings. The molecule has 0 heterocycles. The van der Waals surface area contributed by atoms with Crippen molar-refractivity contribution in [1.29, 1.82) is 0 Å². The van der Waals surface area contributed by atoms with Gasteiger partial charge in [-0.1, -0.05) is 101 Å². The van der Waals surface area contributed by atoms with E-state index in [1.165, 1.54) is 71.1 Å². The van der Waals surface area contributed by atoms with Gasteiger partial charge in [0.25, 0.3) is 0 Å². The standard InChI is InChI=1S/C20H38O5S/c1-4-5-6-7-8-9-10-11-12-13-14-15-16-17-18-26(22,23)25-24-20(21)19(2)3/h2,4-18H2,1,3H3. The summed E-state index contributed by atoms with van der Waals surface area (Å²) in [6.45, 7) is 7.02. The summed E-state index contributed by atoms with van der Waals surface area (Å²) in [5, 5.41) is 0. The largest absolute Gasteiger partial charge is 0.369 e. The SMILES string of the molecule is C=C(C)C(=O)OOS(=O)(=O)CCCCCCCCCCCCCCCC. The summed E-state index contributed by atoms with van der Waals surface area (Å²) in [7, 11) is -3.81. The molecule has 0 radical (unpaired) electrons. The van der Waals surface area contributed by atoms with Crippen molar-refractivity contribution in [3.63, 3.8) is 0 Å². The van der Waals surface area contributed by atoms with E-state index in [2.05, 4.69) is 22.7 Å². The van der Waals surface area contributed by atoms with Gasteiger partial charge in [0, 0.05) is 5.57 Å². The Balaban J connectivity index is 3.39. The Morgan fingerprint density at radius 3 is 1.54 bits per heavy atom. The average molecular weight is 391 g/mol. The summed E-state index contributed by atoms with van der Waals surface area (Å²) < 4.78 is 27.3. The smallest absolute Gasteiger partial charge is 0.276 e. The average Bonchev–Trinajstić information content (AvgIpc) is 2.60. The third-order valence-electron chi connectivity index (χ3n) is 4.31.